The second-order valence-corrected chi connectivity index (χ2v) is 5.22. The van der Waals surface area contributed by atoms with E-state index in [-0.39, 0.29) is 0 Å². The summed E-state index contributed by atoms with van der Waals surface area (Å²) < 4.78 is 0. The zero-order valence-corrected chi connectivity index (χ0v) is 9.89. The third-order valence-corrected chi connectivity index (χ3v) is 3.98. The Morgan fingerprint density at radius 1 is 1.19 bits per heavy atom. The fourth-order valence-corrected chi connectivity index (χ4v) is 2.82. The predicted molar refractivity (Wildman–Crippen MR) is 66.3 cm³/mol. The van der Waals surface area contributed by atoms with E-state index >= 15 is 0 Å². The summed E-state index contributed by atoms with van der Waals surface area (Å²) in [6, 6.07) is 12.1. The van der Waals surface area contributed by atoms with Gasteiger partial charge in [0, 0.05) is 25.2 Å². The van der Waals surface area contributed by atoms with Gasteiger partial charge in [-0.1, -0.05) is 30.3 Å². The Balaban J connectivity index is 1.68. The highest BCUT2D eigenvalue weighted by Crippen LogP contribution is 2.36. The molecule has 1 aromatic rings. The van der Waals surface area contributed by atoms with E-state index in [1.54, 1.807) is 0 Å². The van der Waals surface area contributed by atoms with Crippen LogP contribution in [0.2, 0.25) is 0 Å². The molecule has 2 nitrogen and oxygen atoms in total. The Kier molecular flexibility index (Phi) is 2.70. The summed E-state index contributed by atoms with van der Waals surface area (Å²) in [5.74, 6) is 0.967. The van der Waals surface area contributed by atoms with Crippen molar-refractivity contribution in [1.29, 1.82) is 0 Å². The van der Waals surface area contributed by atoms with Gasteiger partial charge in [-0.3, -0.25) is 4.90 Å². The lowest BCUT2D eigenvalue weighted by atomic mass is 10.0. The molecular weight excluding hydrogens is 196 g/mol. The minimum absolute atomic E-state index is 0.515. The molecule has 0 radical (unpaired) electrons. The molecule has 1 aliphatic carbocycles. The highest BCUT2D eigenvalue weighted by molar-refractivity contribution is 5.20. The molecule has 0 bridgehead atoms. The second-order valence-electron chi connectivity index (χ2n) is 5.22. The summed E-state index contributed by atoms with van der Waals surface area (Å²) in [5.41, 5.74) is 1.42. The zero-order chi connectivity index (χ0) is 11.0. The predicted octanol–water partition coefficient (Wildman–Crippen LogP) is 2.04. The van der Waals surface area contributed by atoms with Gasteiger partial charge in [0.05, 0.1) is 0 Å². The lowest BCUT2D eigenvalue weighted by Crippen LogP contribution is -2.51. The fraction of sp³-hybridized carbons (Fsp3) is 0.571. The van der Waals surface area contributed by atoms with E-state index in [0.29, 0.717) is 6.04 Å². The third kappa shape index (κ3) is 2.00. The average Bonchev–Trinajstić information content (AvgIpc) is 3.14. The first-order chi connectivity index (χ1) is 7.84. The van der Waals surface area contributed by atoms with Crippen LogP contribution in [0.1, 0.15) is 24.4 Å². The number of hydrogen-bond donors (Lipinski definition) is 1. The van der Waals surface area contributed by atoms with Crippen molar-refractivity contribution in [3.05, 3.63) is 35.9 Å². The van der Waals surface area contributed by atoms with Crippen molar-refractivity contribution in [2.24, 2.45) is 5.92 Å². The van der Waals surface area contributed by atoms with E-state index in [1.807, 2.05) is 0 Å². The highest BCUT2D eigenvalue weighted by Gasteiger charge is 2.37. The maximum Gasteiger partial charge on any atom is 0.0449 e. The van der Waals surface area contributed by atoms with E-state index in [4.69, 9.17) is 0 Å². The number of benzene rings is 1. The third-order valence-electron chi connectivity index (χ3n) is 3.98. The number of nitrogens with one attached hydrogen (secondary N) is 1. The second kappa shape index (κ2) is 4.19. The minimum Gasteiger partial charge on any atom is -0.307 e. The summed E-state index contributed by atoms with van der Waals surface area (Å²) in [6.07, 6.45) is 2.87. The smallest absolute Gasteiger partial charge is 0.0449 e. The van der Waals surface area contributed by atoms with Gasteiger partial charge in [0.1, 0.15) is 0 Å². The zero-order valence-electron chi connectivity index (χ0n) is 9.89. The minimum atomic E-state index is 0.515. The molecule has 0 spiro atoms. The average molecular weight is 216 g/mol. The Hall–Kier alpha value is -0.860. The quantitative estimate of drug-likeness (QED) is 0.814. The molecule has 16 heavy (non-hydrogen) atoms. The van der Waals surface area contributed by atoms with E-state index < -0.39 is 0 Å². The number of nitrogens with zero attached hydrogens (tertiary/aromatic N) is 1. The van der Waals surface area contributed by atoms with Crippen LogP contribution < -0.4 is 5.32 Å². The normalized spacial score (nSPS) is 31.6. The molecule has 2 atom stereocenters. The van der Waals surface area contributed by atoms with Gasteiger partial charge in [-0.2, -0.15) is 0 Å². The molecule has 0 amide bonds. The van der Waals surface area contributed by atoms with Crippen LogP contribution in [-0.2, 0) is 0 Å². The monoisotopic (exact) mass is 216 g/mol. The van der Waals surface area contributed by atoms with Crippen LogP contribution in [0.3, 0.4) is 0 Å². The van der Waals surface area contributed by atoms with Crippen molar-refractivity contribution in [3.8, 4) is 0 Å². The molecule has 2 aliphatic rings. The summed E-state index contributed by atoms with van der Waals surface area (Å²) in [7, 11) is 2.28. The molecule has 1 saturated heterocycles. The highest BCUT2D eigenvalue weighted by atomic mass is 15.2. The van der Waals surface area contributed by atoms with Gasteiger partial charge in [-0.15, -0.1) is 0 Å². The van der Waals surface area contributed by atoms with Crippen LogP contribution in [0.25, 0.3) is 0 Å². The maximum absolute atomic E-state index is 3.70. The topological polar surface area (TPSA) is 15.3 Å². The summed E-state index contributed by atoms with van der Waals surface area (Å²) >= 11 is 0. The van der Waals surface area contributed by atoms with Crippen molar-refractivity contribution in [2.75, 3.05) is 20.1 Å². The molecule has 0 aromatic heterocycles. The fourth-order valence-electron chi connectivity index (χ4n) is 2.82. The molecule has 1 saturated carbocycles. The Bertz CT molecular complexity index is 345. The van der Waals surface area contributed by atoms with E-state index in [2.05, 4.69) is 47.6 Å². The van der Waals surface area contributed by atoms with E-state index in [1.165, 1.54) is 18.4 Å². The van der Waals surface area contributed by atoms with Gasteiger partial charge >= 0.3 is 0 Å². The van der Waals surface area contributed by atoms with Crippen LogP contribution in [0.4, 0.5) is 0 Å². The summed E-state index contributed by atoms with van der Waals surface area (Å²) in [5, 5.41) is 3.70. The first-order valence-corrected chi connectivity index (χ1v) is 6.33. The van der Waals surface area contributed by atoms with Gasteiger partial charge in [0.15, 0.2) is 0 Å². The van der Waals surface area contributed by atoms with Crippen LogP contribution in [-0.4, -0.2) is 31.1 Å². The Morgan fingerprint density at radius 2 is 1.94 bits per heavy atom. The lowest BCUT2D eigenvalue weighted by molar-refractivity contribution is 0.146. The molecule has 3 rings (SSSR count). The SMILES string of the molecule is CN1CC(c2ccccc2)NCC1C1CC1. The lowest BCUT2D eigenvalue weighted by Gasteiger charge is -2.38. The van der Waals surface area contributed by atoms with Crippen LogP contribution in [0.5, 0.6) is 0 Å². The van der Waals surface area contributed by atoms with Crippen LogP contribution >= 0.6 is 0 Å². The van der Waals surface area contributed by atoms with E-state index in [0.717, 1.165) is 25.0 Å². The Labute approximate surface area is 97.6 Å². The molecular formula is C14H20N2. The van der Waals surface area contributed by atoms with Gasteiger partial charge < -0.3 is 5.32 Å². The van der Waals surface area contributed by atoms with Crippen molar-refractivity contribution in [3.63, 3.8) is 0 Å². The molecule has 1 aromatic carbocycles. The number of piperazine rings is 1. The van der Waals surface area contributed by atoms with Gasteiger partial charge in [0.2, 0.25) is 0 Å². The molecule has 86 valence electrons. The summed E-state index contributed by atoms with van der Waals surface area (Å²) in [4.78, 5) is 2.55. The number of likely N-dealkylation sites (N-methyl/N-ethyl adjacent to an activating group) is 1. The van der Waals surface area contributed by atoms with Crippen molar-refractivity contribution < 1.29 is 0 Å². The molecule has 2 heteroatoms. The molecule has 2 fully saturated rings. The first-order valence-electron chi connectivity index (χ1n) is 6.33. The van der Waals surface area contributed by atoms with Crippen molar-refractivity contribution in [1.82, 2.24) is 10.2 Å². The van der Waals surface area contributed by atoms with Gasteiger partial charge in [-0.05, 0) is 31.4 Å². The van der Waals surface area contributed by atoms with Gasteiger partial charge in [0.25, 0.3) is 0 Å². The van der Waals surface area contributed by atoms with E-state index in [9.17, 15) is 0 Å². The first kappa shape index (κ1) is 10.3. The Morgan fingerprint density at radius 3 is 2.56 bits per heavy atom. The molecule has 1 heterocycles. The molecule has 1 N–H and O–H groups in total. The van der Waals surface area contributed by atoms with Crippen LogP contribution in [0, 0.1) is 5.92 Å². The van der Waals surface area contributed by atoms with Crippen molar-refractivity contribution in [2.45, 2.75) is 24.9 Å². The number of rotatable bonds is 2. The van der Waals surface area contributed by atoms with Crippen molar-refractivity contribution >= 4 is 0 Å². The van der Waals surface area contributed by atoms with Gasteiger partial charge in [-0.25, -0.2) is 0 Å². The number of hydrogen-bond acceptors (Lipinski definition) is 2. The standard InChI is InChI=1S/C14H20N2/c1-16-10-13(11-5-3-2-4-6-11)15-9-14(16)12-7-8-12/h2-6,12-15H,7-10H2,1H3. The molecule has 1 aliphatic heterocycles. The van der Waals surface area contributed by atoms with Crippen LogP contribution in [0.15, 0.2) is 30.3 Å². The largest absolute Gasteiger partial charge is 0.307 e. The summed E-state index contributed by atoms with van der Waals surface area (Å²) in [6.45, 7) is 2.30. The molecule has 2 unspecified atom stereocenters. The maximum atomic E-state index is 3.70.